The number of hydrogen-bond donors (Lipinski definition) is 3. The zero-order valence-corrected chi connectivity index (χ0v) is 15.7. The van der Waals surface area contributed by atoms with Crippen molar-refractivity contribution in [2.75, 3.05) is 5.32 Å². The molecule has 3 aromatic heterocycles. The van der Waals surface area contributed by atoms with E-state index in [1.807, 2.05) is 44.2 Å². The van der Waals surface area contributed by atoms with E-state index in [2.05, 4.69) is 30.5 Å². The molecule has 3 heterocycles. The first-order chi connectivity index (χ1) is 13.1. The van der Waals surface area contributed by atoms with Gasteiger partial charge in [-0.2, -0.15) is 5.10 Å². The van der Waals surface area contributed by atoms with Gasteiger partial charge in [0.25, 0.3) is 5.91 Å². The molecule has 27 heavy (non-hydrogen) atoms. The molecule has 7 nitrogen and oxygen atoms in total. The first-order valence-corrected chi connectivity index (χ1v) is 9.42. The van der Waals surface area contributed by atoms with Crippen molar-refractivity contribution in [3.8, 4) is 0 Å². The summed E-state index contributed by atoms with van der Waals surface area (Å²) in [6.07, 6.45) is 3.26. The fraction of sp³-hybridized carbons (Fsp3) is 0.158. The number of carbonyl (C=O) groups excluding carboxylic acids is 1. The van der Waals surface area contributed by atoms with Crippen LogP contribution in [0.3, 0.4) is 0 Å². The number of fused-ring (bicyclic) bond motifs is 1. The van der Waals surface area contributed by atoms with E-state index in [0.717, 1.165) is 44.5 Å². The van der Waals surface area contributed by atoms with E-state index >= 15 is 0 Å². The predicted molar refractivity (Wildman–Crippen MR) is 106 cm³/mol. The Morgan fingerprint density at radius 3 is 2.93 bits per heavy atom. The van der Waals surface area contributed by atoms with E-state index in [0.29, 0.717) is 5.56 Å². The summed E-state index contributed by atoms with van der Waals surface area (Å²) in [7, 11) is 0. The molecule has 0 saturated heterocycles. The minimum absolute atomic E-state index is 0.113. The Kier molecular flexibility index (Phi) is 4.64. The molecule has 1 amide bonds. The molecule has 3 N–H and O–H groups in total. The van der Waals surface area contributed by atoms with Crippen molar-refractivity contribution < 1.29 is 4.79 Å². The molecule has 0 atom stereocenters. The Hall–Kier alpha value is -3.13. The summed E-state index contributed by atoms with van der Waals surface area (Å²) in [5.74, 6) is 0.612. The van der Waals surface area contributed by atoms with E-state index in [1.165, 1.54) is 6.33 Å². The van der Waals surface area contributed by atoms with Gasteiger partial charge in [0.1, 0.15) is 11.4 Å². The second-order valence-corrected chi connectivity index (χ2v) is 7.21. The van der Waals surface area contributed by atoms with Gasteiger partial charge in [0, 0.05) is 22.8 Å². The molecule has 4 rings (SSSR count). The van der Waals surface area contributed by atoms with Crippen molar-refractivity contribution in [2.45, 2.75) is 24.6 Å². The number of benzene rings is 1. The van der Waals surface area contributed by atoms with E-state index in [-0.39, 0.29) is 5.91 Å². The first-order valence-electron chi connectivity index (χ1n) is 8.43. The van der Waals surface area contributed by atoms with Gasteiger partial charge in [0.05, 0.1) is 17.1 Å². The van der Waals surface area contributed by atoms with E-state index < -0.39 is 0 Å². The number of aromatic nitrogens is 5. The van der Waals surface area contributed by atoms with Gasteiger partial charge in [0.15, 0.2) is 5.65 Å². The zero-order valence-electron chi connectivity index (χ0n) is 14.9. The van der Waals surface area contributed by atoms with Crippen LogP contribution >= 0.6 is 11.8 Å². The number of aromatic amines is 2. The Balaban J connectivity index is 1.47. The smallest absolute Gasteiger partial charge is 0.257 e. The largest absolute Gasteiger partial charge is 0.362 e. The second-order valence-electron chi connectivity index (χ2n) is 6.25. The molecular weight excluding hydrogens is 360 g/mol. The molecule has 0 fully saturated rings. The molecular formula is C19H18N6OS. The highest BCUT2D eigenvalue weighted by Crippen LogP contribution is 2.27. The number of nitrogens with zero attached hydrogens (tertiary/aromatic N) is 3. The summed E-state index contributed by atoms with van der Waals surface area (Å²) in [4.78, 5) is 24.1. The molecule has 0 unspecified atom stereocenters. The average Bonchev–Trinajstić information content (AvgIpc) is 3.26. The van der Waals surface area contributed by atoms with Gasteiger partial charge >= 0.3 is 0 Å². The number of thioether (sulfide) groups is 1. The number of hydrogen-bond acceptors (Lipinski definition) is 5. The molecule has 1 aromatic carbocycles. The van der Waals surface area contributed by atoms with Crippen LogP contribution in [0.15, 0.2) is 47.9 Å². The van der Waals surface area contributed by atoms with Crippen molar-refractivity contribution in [2.24, 2.45) is 0 Å². The third-order valence-corrected chi connectivity index (χ3v) is 5.24. The van der Waals surface area contributed by atoms with Crippen LogP contribution in [0, 0.1) is 13.8 Å². The lowest BCUT2D eigenvalue weighted by atomic mass is 10.2. The highest BCUT2D eigenvalue weighted by atomic mass is 32.2. The van der Waals surface area contributed by atoms with Gasteiger partial charge in [-0.05, 0) is 37.6 Å². The van der Waals surface area contributed by atoms with Gasteiger partial charge < -0.3 is 10.3 Å². The average molecular weight is 378 g/mol. The SMILES string of the molecule is Cc1cc(C(=O)Nc2cccc(CSc3ncnc4[nH]ncc34)c2)c(C)[nH]1. The molecule has 0 radical (unpaired) electrons. The Bertz CT molecular complexity index is 1120. The maximum Gasteiger partial charge on any atom is 0.257 e. The fourth-order valence-corrected chi connectivity index (χ4v) is 3.82. The number of nitrogens with one attached hydrogen (secondary N) is 3. The summed E-state index contributed by atoms with van der Waals surface area (Å²) < 4.78 is 0. The van der Waals surface area contributed by atoms with E-state index in [9.17, 15) is 4.79 Å². The number of H-pyrrole nitrogens is 2. The van der Waals surface area contributed by atoms with Crippen molar-refractivity contribution >= 4 is 34.4 Å². The van der Waals surface area contributed by atoms with Crippen molar-refractivity contribution in [3.63, 3.8) is 0 Å². The monoisotopic (exact) mass is 378 g/mol. The zero-order chi connectivity index (χ0) is 18.8. The maximum atomic E-state index is 12.5. The normalized spacial score (nSPS) is 11.0. The van der Waals surface area contributed by atoms with Gasteiger partial charge in [0.2, 0.25) is 0 Å². The lowest BCUT2D eigenvalue weighted by Crippen LogP contribution is -2.12. The Morgan fingerprint density at radius 2 is 2.11 bits per heavy atom. The molecule has 0 aliphatic carbocycles. The number of carbonyl (C=O) groups is 1. The summed E-state index contributed by atoms with van der Waals surface area (Å²) in [6.45, 7) is 3.83. The van der Waals surface area contributed by atoms with Crippen LogP contribution in [0.1, 0.15) is 27.3 Å². The summed E-state index contributed by atoms with van der Waals surface area (Å²) >= 11 is 1.61. The number of amides is 1. The molecule has 136 valence electrons. The Labute approximate surface area is 160 Å². The van der Waals surface area contributed by atoms with Crippen LogP contribution in [-0.4, -0.2) is 31.1 Å². The van der Waals surface area contributed by atoms with E-state index in [4.69, 9.17) is 0 Å². The van der Waals surface area contributed by atoms with Gasteiger partial charge in [-0.3, -0.25) is 9.89 Å². The van der Waals surface area contributed by atoms with Gasteiger partial charge in [-0.25, -0.2) is 9.97 Å². The predicted octanol–water partition coefficient (Wildman–Crippen LogP) is 3.84. The van der Waals surface area contributed by atoms with Crippen LogP contribution in [-0.2, 0) is 5.75 Å². The minimum atomic E-state index is -0.113. The third-order valence-electron chi connectivity index (χ3n) is 4.17. The highest BCUT2D eigenvalue weighted by molar-refractivity contribution is 7.98. The Morgan fingerprint density at radius 1 is 1.22 bits per heavy atom. The molecule has 0 aliphatic heterocycles. The van der Waals surface area contributed by atoms with Crippen LogP contribution in [0.5, 0.6) is 0 Å². The van der Waals surface area contributed by atoms with Crippen LogP contribution in [0.2, 0.25) is 0 Å². The number of aryl methyl sites for hydroxylation is 2. The van der Waals surface area contributed by atoms with Crippen molar-refractivity contribution in [1.82, 2.24) is 25.1 Å². The third kappa shape index (κ3) is 3.70. The van der Waals surface area contributed by atoms with Crippen LogP contribution < -0.4 is 5.32 Å². The molecule has 0 spiro atoms. The second kappa shape index (κ2) is 7.24. The lowest BCUT2D eigenvalue weighted by molar-refractivity contribution is 0.102. The van der Waals surface area contributed by atoms with Crippen LogP contribution in [0.4, 0.5) is 5.69 Å². The van der Waals surface area contributed by atoms with Gasteiger partial charge in [-0.1, -0.05) is 12.1 Å². The summed E-state index contributed by atoms with van der Waals surface area (Å²) in [5, 5.41) is 11.6. The molecule has 0 saturated carbocycles. The maximum absolute atomic E-state index is 12.5. The minimum Gasteiger partial charge on any atom is -0.362 e. The number of anilines is 1. The molecule has 8 heteroatoms. The lowest BCUT2D eigenvalue weighted by Gasteiger charge is -2.07. The topological polar surface area (TPSA) is 99.3 Å². The van der Waals surface area contributed by atoms with Crippen molar-refractivity contribution in [1.29, 1.82) is 0 Å². The molecule has 0 bridgehead atoms. The highest BCUT2D eigenvalue weighted by Gasteiger charge is 2.12. The van der Waals surface area contributed by atoms with E-state index in [1.54, 1.807) is 18.0 Å². The van der Waals surface area contributed by atoms with Crippen molar-refractivity contribution in [3.05, 3.63) is 65.4 Å². The van der Waals surface area contributed by atoms with Crippen LogP contribution in [0.25, 0.3) is 11.0 Å². The first kappa shape index (κ1) is 17.3. The fourth-order valence-electron chi connectivity index (χ4n) is 2.91. The van der Waals surface area contributed by atoms with Gasteiger partial charge in [-0.15, -0.1) is 11.8 Å². The molecule has 4 aromatic rings. The standard InChI is InChI=1S/C19H18N6OS/c1-11-6-15(12(2)23-11)18(26)24-14-5-3-4-13(7-14)9-27-19-16-8-22-25-17(16)20-10-21-19/h3-8,10,23H,9H2,1-2H3,(H,24,26)(H,20,21,22,25). The molecule has 0 aliphatic rings. The summed E-state index contributed by atoms with van der Waals surface area (Å²) in [5.41, 5.74) is 5.09. The quantitative estimate of drug-likeness (QED) is 0.362. The summed E-state index contributed by atoms with van der Waals surface area (Å²) in [6, 6.07) is 9.69. The number of rotatable bonds is 5.